The second kappa shape index (κ2) is 8.10. The molecule has 1 saturated heterocycles. The highest BCUT2D eigenvalue weighted by Gasteiger charge is 2.37. The molecule has 0 saturated carbocycles. The Hall–Kier alpha value is -2.15. The van der Waals surface area contributed by atoms with Crippen molar-refractivity contribution in [3.8, 4) is 0 Å². The van der Waals surface area contributed by atoms with Gasteiger partial charge in [-0.25, -0.2) is 4.79 Å². The van der Waals surface area contributed by atoms with Gasteiger partial charge in [0, 0.05) is 11.0 Å². The summed E-state index contributed by atoms with van der Waals surface area (Å²) in [5.74, 6) is -1.20. The first-order valence-electron chi connectivity index (χ1n) is 7.55. The number of benzene rings is 1. The molecule has 24 heavy (non-hydrogen) atoms. The zero-order valence-electron chi connectivity index (χ0n) is 13.3. The van der Waals surface area contributed by atoms with Crippen molar-refractivity contribution in [1.82, 2.24) is 10.2 Å². The van der Waals surface area contributed by atoms with Crippen LogP contribution in [0.4, 0.5) is 0 Å². The molecule has 1 fully saturated rings. The van der Waals surface area contributed by atoms with E-state index in [2.05, 4.69) is 27.8 Å². The van der Waals surface area contributed by atoms with Crippen molar-refractivity contribution >= 4 is 33.7 Å². The van der Waals surface area contributed by atoms with E-state index in [9.17, 15) is 14.4 Å². The molecule has 0 bridgehead atoms. The molecule has 0 radical (unpaired) electrons. The maximum atomic E-state index is 12.7. The molecule has 1 aromatic rings. The summed E-state index contributed by atoms with van der Waals surface area (Å²) in [4.78, 5) is 38.3. The van der Waals surface area contributed by atoms with Crippen molar-refractivity contribution in [2.24, 2.45) is 0 Å². The summed E-state index contributed by atoms with van der Waals surface area (Å²) < 4.78 is 5.37. The third-order valence-corrected chi connectivity index (χ3v) is 4.61. The SMILES string of the molecule is C=C[C@H](NC(=O)c1ccccc1Br)C(=O)N1CCC[C@H]1C(=O)OC. The molecular formula is C17H19BrN2O4. The van der Waals surface area contributed by atoms with Gasteiger partial charge in [-0.1, -0.05) is 18.2 Å². The number of nitrogens with zero attached hydrogens (tertiary/aromatic N) is 1. The van der Waals surface area contributed by atoms with Gasteiger partial charge in [0.05, 0.1) is 12.7 Å². The number of rotatable bonds is 5. The van der Waals surface area contributed by atoms with Gasteiger partial charge in [-0.3, -0.25) is 9.59 Å². The predicted molar refractivity (Wildman–Crippen MR) is 92.3 cm³/mol. The molecule has 0 aromatic heterocycles. The lowest BCUT2D eigenvalue weighted by Gasteiger charge is -2.26. The van der Waals surface area contributed by atoms with E-state index in [1.807, 2.05) is 0 Å². The van der Waals surface area contributed by atoms with E-state index in [0.29, 0.717) is 29.4 Å². The number of esters is 1. The van der Waals surface area contributed by atoms with E-state index in [1.165, 1.54) is 18.1 Å². The molecule has 6 nitrogen and oxygen atoms in total. The topological polar surface area (TPSA) is 75.7 Å². The Morgan fingerprint density at radius 2 is 2.12 bits per heavy atom. The van der Waals surface area contributed by atoms with Gasteiger partial charge in [0.15, 0.2) is 0 Å². The van der Waals surface area contributed by atoms with Crippen molar-refractivity contribution in [3.63, 3.8) is 0 Å². The summed E-state index contributed by atoms with van der Waals surface area (Å²) in [6.07, 6.45) is 2.64. The first kappa shape index (κ1) is 18.2. The molecule has 7 heteroatoms. The molecule has 2 amide bonds. The van der Waals surface area contributed by atoms with Crippen LogP contribution >= 0.6 is 15.9 Å². The summed E-state index contributed by atoms with van der Waals surface area (Å²) in [7, 11) is 1.29. The van der Waals surface area contributed by atoms with Crippen LogP contribution in [-0.4, -0.2) is 48.4 Å². The third-order valence-electron chi connectivity index (χ3n) is 3.92. The average Bonchev–Trinajstić information content (AvgIpc) is 3.08. The monoisotopic (exact) mass is 394 g/mol. The number of hydrogen-bond donors (Lipinski definition) is 1. The smallest absolute Gasteiger partial charge is 0.328 e. The molecule has 0 aliphatic carbocycles. The number of hydrogen-bond acceptors (Lipinski definition) is 4. The van der Waals surface area contributed by atoms with E-state index in [4.69, 9.17) is 4.74 Å². The number of likely N-dealkylation sites (tertiary alicyclic amines) is 1. The van der Waals surface area contributed by atoms with Crippen LogP contribution in [0.25, 0.3) is 0 Å². The van der Waals surface area contributed by atoms with Crippen LogP contribution in [-0.2, 0) is 14.3 Å². The Morgan fingerprint density at radius 3 is 2.75 bits per heavy atom. The fourth-order valence-electron chi connectivity index (χ4n) is 2.68. The summed E-state index contributed by atoms with van der Waals surface area (Å²) in [5.41, 5.74) is 0.420. The summed E-state index contributed by atoms with van der Waals surface area (Å²) in [6.45, 7) is 4.07. The quantitative estimate of drug-likeness (QED) is 0.611. The number of carbonyl (C=O) groups is 3. The van der Waals surface area contributed by atoms with Crippen molar-refractivity contribution in [2.75, 3.05) is 13.7 Å². The lowest BCUT2D eigenvalue weighted by Crippen LogP contribution is -2.51. The molecular weight excluding hydrogens is 376 g/mol. The largest absolute Gasteiger partial charge is 0.467 e. The Morgan fingerprint density at radius 1 is 1.42 bits per heavy atom. The van der Waals surface area contributed by atoms with Gasteiger partial charge < -0.3 is 15.0 Å². The van der Waals surface area contributed by atoms with Crippen LogP contribution in [0, 0.1) is 0 Å². The van der Waals surface area contributed by atoms with Gasteiger partial charge in [0.1, 0.15) is 12.1 Å². The van der Waals surface area contributed by atoms with Crippen LogP contribution in [0.5, 0.6) is 0 Å². The Kier molecular flexibility index (Phi) is 6.14. The molecule has 1 N–H and O–H groups in total. The lowest BCUT2D eigenvalue weighted by molar-refractivity contribution is -0.151. The van der Waals surface area contributed by atoms with E-state index in [1.54, 1.807) is 24.3 Å². The van der Waals surface area contributed by atoms with Gasteiger partial charge in [-0.2, -0.15) is 0 Å². The molecule has 1 aromatic carbocycles. The fraction of sp³-hybridized carbons (Fsp3) is 0.353. The van der Waals surface area contributed by atoms with Crippen molar-refractivity contribution in [3.05, 3.63) is 47.0 Å². The Balaban J connectivity index is 2.12. The summed E-state index contributed by atoms with van der Waals surface area (Å²) in [6, 6.07) is 5.41. The van der Waals surface area contributed by atoms with Crippen LogP contribution in [0.2, 0.25) is 0 Å². The predicted octanol–water partition coefficient (Wildman–Crippen LogP) is 1.90. The minimum Gasteiger partial charge on any atom is -0.467 e. The highest BCUT2D eigenvalue weighted by atomic mass is 79.9. The molecule has 1 heterocycles. The van der Waals surface area contributed by atoms with E-state index < -0.39 is 24.0 Å². The zero-order chi connectivity index (χ0) is 17.7. The molecule has 0 unspecified atom stereocenters. The van der Waals surface area contributed by atoms with Crippen LogP contribution < -0.4 is 5.32 Å². The van der Waals surface area contributed by atoms with Crippen molar-refractivity contribution < 1.29 is 19.1 Å². The lowest BCUT2D eigenvalue weighted by atomic mass is 10.1. The molecule has 2 atom stereocenters. The maximum Gasteiger partial charge on any atom is 0.328 e. The minimum atomic E-state index is -0.908. The Labute approximate surface area is 149 Å². The second-order valence-electron chi connectivity index (χ2n) is 5.38. The molecule has 128 valence electrons. The number of carbonyl (C=O) groups excluding carboxylic acids is 3. The number of nitrogens with one attached hydrogen (secondary N) is 1. The second-order valence-corrected chi connectivity index (χ2v) is 6.23. The first-order valence-corrected chi connectivity index (χ1v) is 8.35. The van der Waals surface area contributed by atoms with E-state index >= 15 is 0 Å². The Bertz CT molecular complexity index is 662. The molecule has 0 spiro atoms. The van der Waals surface area contributed by atoms with Crippen LogP contribution in [0.15, 0.2) is 41.4 Å². The average molecular weight is 395 g/mol. The normalized spacial score (nSPS) is 17.9. The minimum absolute atomic E-state index is 0.363. The van der Waals surface area contributed by atoms with Gasteiger partial charge in [0.2, 0.25) is 5.91 Å². The summed E-state index contributed by atoms with van der Waals surface area (Å²) in [5, 5.41) is 2.65. The molecule has 1 aliphatic heterocycles. The number of amides is 2. The fourth-order valence-corrected chi connectivity index (χ4v) is 3.14. The first-order chi connectivity index (χ1) is 11.5. The highest BCUT2D eigenvalue weighted by molar-refractivity contribution is 9.10. The molecule has 2 rings (SSSR count). The van der Waals surface area contributed by atoms with E-state index in [0.717, 1.165) is 0 Å². The van der Waals surface area contributed by atoms with Crippen LogP contribution in [0.3, 0.4) is 0 Å². The number of methoxy groups -OCH3 is 1. The number of halogens is 1. The standard InChI is InChI=1S/C17H19BrN2O4/c1-3-13(19-15(21)11-7-4-5-8-12(11)18)16(22)20-10-6-9-14(20)17(23)24-2/h3-5,7-8,13-14H,1,6,9-10H2,2H3,(H,19,21)/t13-,14-/m0/s1. The van der Waals surface area contributed by atoms with Gasteiger partial charge in [0.25, 0.3) is 5.91 Å². The zero-order valence-corrected chi connectivity index (χ0v) is 14.9. The van der Waals surface area contributed by atoms with Crippen LogP contribution in [0.1, 0.15) is 23.2 Å². The van der Waals surface area contributed by atoms with E-state index in [-0.39, 0.29) is 5.91 Å². The van der Waals surface area contributed by atoms with Crippen molar-refractivity contribution in [1.29, 1.82) is 0 Å². The van der Waals surface area contributed by atoms with Gasteiger partial charge in [-0.05, 0) is 40.9 Å². The van der Waals surface area contributed by atoms with Gasteiger partial charge in [-0.15, -0.1) is 6.58 Å². The third kappa shape index (κ3) is 3.84. The molecule has 1 aliphatic rings. The highest BCUT2D eigenvalue weighted by Crippen LogP contribution is 2.20. The summed E-state index contributed by atoms with van der Waals surface area (Å²) >= 11 is 3.31. The van der Waals surface area contributed by atoms with Gasteiger partial charge >= 0.3 is 5.97 Å². The number of ether oxygens (including phenoxy) is 1. The maximum absolute atomic E-state index is 12.7. The van der Waals surface area contributed by atoms with Crippen molar-refractivity contribution in [2.45, 2.75) is 24.9 Å².